The first kappa shape index (κ1) is 22.2. The lowest BCUT2D eigenvalue weighted by molar-refractivity contribution is -0.274. The Hall–Kier alpha value is -2.96. The summed E-state index contributed by atoms with van der Waals surface area (Å²) in [7, 11) is -3.86. The highest BCUT2D eigenvalue weighted by molar-refractivity contribution is 7.89. The standard InChI is InChI=1S/C20H19F3N4O4S/c21-20(22,23)31-14-5-7-15(8-6-14)32(29,30)27-11-9-26(10-12-27)13-18-24-17-4-2-1-3-16(17)19(28)25-18/h1-8H,9-13H2,(H,24,25,28). The van der Waals surface area contributed by atoms with Gasteiger partial charge in [-0.25, -0.2) is 13.4 Å². The molecule has 0 spiro atoms. The fourth-order valence-corrected chi connectivity index (χ4v) is 4.93. The minimum absolute atomic E-state index is 0.110. The second kappa shape index (κ2) is 8.52. The Kier molecular flexibility index (Phi) is 5.93. The van der Waals surface area contributed by atoms with Gasteiger partial charge in [0.2, 0.25) is 10.0 Å². The van der Waals surface area contributed by atoms with Crippen LogP contribution in [0.4, 0.5) is 13.2 Å². The highest BCUT2D eigenvalue weighted by Crippen LogP contribution is 2.25. The van der Waals surface area contributed by atoms with Crippen LogP contribution in [0.25, 0.3) is 10.9 Å². The van der Waals surface area contributed by atoms with Crippen LogP contribution >= 0.6 is 0 Å². The minimum Gasteiger partial charge on any atom is -0.406 e. The molecule has 2 aromatic carbocycles. The topological polar surface area (TPSA) is 95.6 Å². The van der Waals surface area contributed by atoms with Crippen LogP contribution < -0.4 is 10.3 Å². The third kappa shape index (κ3) is 4.92. The summed E-state index contributed by atoms with van der Waals surface area (Å²) in [6.45, 7) is 1.56. The van der Waals surface area contributed by atoms with Gasteiger partial charge in [0.1, 0.15) is 11.6 Å². The molecule has 3 aromatic rings. The van der Waals surface area contributed by atoms with Crippen molar-refractivity contribution in [2.24, 2.45) is 0 Å². The third-order valence-electron chi connectivity index (χ3n) is 5.06. The Labute approximate surface area is 181 Å². The van der Waals surface area contributed by atoms with Crippen molar-refractivity contribution in [1.29, 1.82) is 0 Å². The van der Waals surface area contributed by atoms with Crippen molar-refractivity contribution >= 4 is 20.9 Å². The van der Waals surface area contributed by atoms with E-state index in [1.165, 1.54) is 4.31 Å². The van der Waals surface area contributed by atoms with Gasteiger partial charge < -0.3 is 9.72 Å². The molecule has 32 heavy (non-hydrogen) atoms. The molecule has 8 nitrogen and oxygen atoms in total. The molecule has 1 N–H and O–H groups in total. The van der Waals surface area contributed by atoms with E-state index in [-0.39, 0.29) is 23.5 Å². The third-order valence-corrected chi connectivity index (χ3v) is 6.97. The van der Waals surface area contributed by atoms with Gasteiger partial charge in [-0.05, 0) is 36.4 Å². The highest BCUT2D eigenvalue weighted by Gasteiger charge is 2.32. The molecule has 2 heterocycles. The molecule has 1 aliphatic heterocycles. The van der Waals surface area contributed by atoms with Crippen LogP contribution in [0.2, 0.25) is 0 Å². The second-order valence-electron chi connectivity index (χ2n) is 7.23. The fourth-order valence-electron chi connectivity index (χ4n) is 3.51. The van der Waals surface area contributed by atoms with E-state index in [4.69, 9.17) is 0 Å². The van der Waals surface area contributed by atoms with E-state index >= 15 is 0 Å². The van der Waals surface area contributed by atoms with E-state index in [0.29, 0.717) is 36.4 Å². The number of aromatic amines is 1. The summed E-state index contributed by atoms with van der Waals surface area (Å²) in [5, 5.41) is 0.499. The number of H-pyrrole nitrogens is 1. The average molecular weight is 468 g/mol. The first-order valence-electron chi connectivity index (χ1n) is 9.68. The number of aromatic nitrogens is 2. The molecule has 0 saturated carbocycles. The van der Waals surface area contributed by atoms with E-state index in [0.717, 1.165) is 24.3 Å². The number of fused-ring (bicyclic) bond motifs is 1. The van der Waals surface area contributed by atoms with E-state index < -0.39 is 22.1 Å². The summed E-state index contributed by atoms with van der Waals surface area (Å²) in [4.78, 5) is 21.3. The van der Waals surface area contributed by atoms with Crippen molar-refractivity contribution in [1.82, 2.24) is 19.2 Å². The number of sulfonamides is 1. The van der Waals surface area contributed by atoms with Crippen LogP contribution in [0.5, 0.6) is 5.75 Å². The number of hydrogen-bond donors (Lipinski definition) is 1. The number of piperazine rings is 1. The number of hydrogen-bond acceptors (Lipinski definition) is 6. The predicted octanol–water partition coefficient (Wildman–Crippen LogP) is 2.33. The Bertz CT molecular complexity index is 1270. The van der Waals surface area contributed by atoms with Crippen molar-refractivity contribution in [3.8, 4) is 5.75 Å². The van der Waals surface area contributed by atoms with Crippen LogP contribution in [-0.2, 0) is 16.6 Å². The zero-order valence-corrected chi connectivity index (χ0v) is 17.5. The zero-order chi connectivity index (χ0) is 22.9. The summed E-state index contributed by atoms with van der Waals surface area (Å²) >= 11 is 0. The Balaban J connectivity index is 1.40. The molecule has 4 rings (SSSR count). The summed E-state index contributed by atoms with van der Waals surface area (Å²) in [5.41, 5.74) is 0.357. The fraction of sp³-hybridized carbons (Fsp3) is 0.300. The quantitative estimate of drug-likeness (QED) is 0.618. The average Bonchev–Trinajstić information content (AvgIpc) is 2.73. The Morgan fingerprint density at radius 1 is 1.00 bits per heavy atom. The lowest BCUT2D eigenvalue weighted by Gasteiger charge is -2.33. The molecular weight excluding hydrogens is 449 g/mol. The lowest BCUT2D eigenvalue weighted by atomic mass is 10.2. The second-order valence-corrected chi connectivity index (χ2v) is 9.17. The normalized spacial score (nSPS) is 16.3. The van der Waals surface area contributed by atoms with Crippen molar-refractivity contribution in [3.05, 3.63) is 64.7 Å². The van der Waals surface area contributed by atoms with Crippen molar-refractivity contribution in [3.63, 3.8) is 0 Å². The number of benzene rings is 2. The number of rotatable bonds is 5. The molecule has 0 amide bonds. The molecule has 0 bridgehead atoms. The number of para-hydroxylation sites is 1. The van der Waals surface area contributed by atoms with E-state index in [1.807, 2.05) is 4.90 Å². The van der Waals surface area contributed by atoms with Gasteiger partial charge in [-0.2, -0.15) is 4.31 Å². The van der Waals surface area contributed by atoms with E-state index in [1.54, 1.807) is 24.3 Å². The van der Waals surface area contributed by atoms with Gasteiger partial charge in [0.25, 0.3) is 5.56 Å². The van der Waals surface area contributed by atoms with Crippen LogP contribution in [0.1, 0.15) is 5.82 Å². The van der Waals surface area contributed by atoms with E-state index in [2.05, 4.69) is 14.7 Å². The first-order valence-corrected chi connectivity index (χ1v) is 11.1. The van der Waals surface area contributed by atoms with Crippen molar-refractivity contribution < 1.29 is 26.3 Å². The summed E-state index contributed by atoms with van der Waals surface area (Å²) in [5.74, 6) is 0.00315. The predicted molar refractivity (Wildman–Crippen MR) is 110 cm³/mol. The first-order chi connectivity index (χ1) is 15.1. The molecule has 1 fully saturated rings. The van der Waals surface area contributed by atoms with E-state index in [9.17, 15) is 26.4 Å². The molecule has 1 aliphatic rings. The van der Waals surface area contributed by atoms with Crippen molar-refractivity contribution in [2.75, 3.05) is 26.2 Å². The van der Waals surface area contributed by atoms with Gasteiger partial charge in [-0.3, -0.25) is 9.69 Å². The maximum atomic E-state index is 12.8. The monoisotopic (exact) mass is 468 g/mol. The summed E-state index contributed by atoms with van der Waals surface area (Å²) < 4.78 is 67.5. The number of alkyl halides is 3. The molecule has 0 aliphatic carbocycles. The minimum atomic E-state index is -4.85. The lowest BCUT2D eigenvalue weighted by Crippen LogP contribution is -2.48. The number of nitrogens with one attached hydrogen (secondary N) is 1. The maximum Gasteiger partial charge on any atom is 0.573 e. The van der Waals surface area contributed by atoms with Gasteiger partial charge in [-0.15, -0.1) is 13.2 Å². The molecule has 0 radical (unpaired) electrons. The highest BCUT2D eigenvalue weighted by atomic mass is 32.2. The molecule has 0 atom stereocenters. The number of ether oxygens (including phenoxy) is 1. The largest absolute Gasteiger partial charge is 0.573 e. The van der Waals surface area contributed by atoms with Gasteiger partial charge in [0.05, 0.1) is 22.3 Å². The molecule has 0 unspecified atom stereocenters. The van der Waals surface area contributed by atoms with Crippen LogP contribution in [0.15, 0.2) is 58.2 Å². The summed E-state index contributed by atoms with van der Waals surface area (Å²) in [6, 6.07) is 11.1. The number of halogens is 3. The Morgan fingerprint density at radius 2 is 1.66 bits per heavy atom. The van der Waals surface area contributed by atoms with Gasteiger partial charge in [0, 0.05) is 26.2 Å². The SMILES string of the molecule is O=c1[nH]c(CN2CCN(S(=O)(=O)c3ccc(OC(F)(F)F)cc3)CC2)nc2ccccc12. The maximum absolute atomic E-state index is 12.8. The van der Waals surface area contributed by atoms with Crippen LogP contribution in [0.3, 0.4) is 0 Å². The molecular formula is C20H19F3N4O4S. The Morgan fingerprint density at radius 3 is 2.31 bits per heavy atom. The van der Waals surface area contributed by atoms with Crippen molar-refractivity contribution in [2.45, 2.75) is 17.8 Å². The van der Waals surface area contributed by atoms with Crippen LogP contribution in [-0.4, -0.2) is 60.1 Å². The number of nitrogens with zero attached hydrogens (tertiary/aromatic N) is 3. The smallest absolute Gasteiger partial charge is 0.406 e. The van der Waals surface area contributed by atoms with Gasteiger partial charge >= 0.3 is 6.36 Å². The van der Waals surface area contributed by atoms with Gasteiger partial charge in [-0.1, -0.05) is 12.1 Å². The molecule has 170 valence electrons. The molecule has 12 heteroatoms. The van der Waals surface area contributed by atoms with Crippen LogP contribution in [0, 0.1) is 0 Å². The summed E-state index contributed by atoms with van der Waals surface area (Å²) in [6.07, 6.45) is -4.85. The molecule has 1 aromatic heterocycles. The zero-order valence-electron chi connectivity index (χ0n) is 16.7. The molecule has 1 saturated heterocycles. The van der Waals surface area contributed by atoms with Gasteiger partial charge in [0.15, 0.2) is 0 Å².